The first-order valence-corrected chi connectivity index (χ1v) is 3.30. The fourth-order valence-electron chi connectivity index (χ4n) is 0.985. The zero-order valence-corrected chi connectivity index (χ0v) is 9.42. The van der Waals surface area contributed by atoms with Crippen molar-refractivity contribution in [2.45, 2.75) is 0 Å². The van der Waals surface area contributed by atoms with Crippen LogP contribution in [-0.4, -0.2) is 9.97 Å². The third-order valence-electron chi connectivity index (χ3n) is 1.48. The minimum absolute atomic E-state index is 0. The van der Waals surface area contributed by atoms with Gasteiger partial charge in [0.25, 0.3) is 5.56 Å². The van der Waals surface area contributed by atoms with Crippen molar-refractivity contribution >= 4 is 11.0 Å². The number of H-pyrrole nitrogens is 1. The summed E-state index contributed by atoms with van der Waals surface area (Å²) < 4.78 is 0. The van der Waals surface area contributed by atoms with Crippen molar-refractivity contribution in [1.82, 2.24) is 9.97 Å². The molecule has 0 saturated carbocycles. The largest absolute Gasteiger partial charge is 0.319 e. The summed E-state index contributed by atoms with van der Waals surface area (Å²) in [6.45, 7) is 0. The van der Waals surface area contributed by atoms with E-state index in [1.54, 1.807) is 0 Å². The Balaban J connectivity index is 0.000000720. The number of para-hydroxylation sites is 2. The number of benzene rings is 1. The van der Waals surface area contributed by atoms with Crippen molar-refractivity contribution in [2.75, 3.05) is 0 Å². The quantitative estimate of drug-likeness (QED) is 0.659. The summed E-state index contributed by atoms with van der Waals surface area (Å²) in [5.74, 6) is 0. The van der Waals surface area contributed by atoms with Gasteiger partial charge >= 0.3 is 0 Å². The van der Waals surface area contributed by atoms with E-state index in [4.69, 9.17) is 0 Å². The minimum atomic E-state index is -0.163. The topological polar surface area (TPSA) is 45.8 Å². The maximum Gasteiger partial charge on any atom is 0.266 e. The minimum Gasteiger partial charge on any atom is -0.319 e. The molecule has 0 atom stereocenters. The number of aromatic nitrogens is 2. The van der Waals surface area contributed by atoms with Gasteiger partial charge in [-0.15, -0.1) is 0 Å². The van der Waals surface area contributed by atoms with Gasteiger partial charge in [0.15, 0.2) is 0 Å². The van der Waals surface area contributed by atoms with Crippen LogP contribution in [0, 0.1) is 0 Å². The van der Waals surface area contributed by atoms with E-state index in [1.807, 2.05) is 24.3 Å². The molecule has 0 bridgehead atoms. The van der Waals surface area contributed by atoms with Crippen molar-refractivity contribution in [3.63, 3.8) is 0 Å². The first-order valence-electron chi connectivity index (χ1n) is 3.30. The normalized spacial score (nSPS) is 9.33. The van der Waals surface area contributed by atoms with Gasteiger partial charge in [0, 0.05) is 19.5 Å². The molecule has 0 fully saturated rings. The van der Waals surface area contributed by atoms with E-state index in [0.29, 0.717) is 0 Å². The molecular weight excluding hydrogens is 205 g/mol. The van der Waals surface area contributed by atoms with E-state index in [9.17, 15) is 4.79 Å². The monoisotopic (exact) mass is 210 g/mol. The molecule has 0 aliphatic carbocycles. The van der Waals surface area contributed by atoms with Crippen molar-refractivity contribution in [2.24, 2.45) is 0 Å². The number of aromatic amines is 1. The Hall–Kier alpha value is -1.02. The van der Waals surface area contributed by atoms with Crippen molar-refractivity contribution in [3.05, 3.63) is 40.8 Å². The van der Waals surface area contributed by atoms with Crippen LogP contribution in [0.5, 0.6) is 0 Å². The van der Waals surface area contributed by atoms with Crippen LogP contribution in [0.3, 0.4) is 0 Å². The number of hydrogen-bond acceptors (Lipinski definition) is 2. The Morgan fingerprint density at radius 1 is 1.25 bits per heavy atom. The van der Waals surface area contributed by atoms with Crippen molar-refractivity contribution in [1.29, 1.82) is 0 Å². The molecule has 12 heavy (non-hydrogen) atoms. The molecule has 2 rings (SSSR count). The number of fused-ring (bicyclic) bond motifs is 1. The standard InChI is InChI=1S/C8H6N2O.Zn/c11-8-5-9-6-3-1-2-4-7(6)10-8;/h1-5H,(H,10,11);. The smallest absolute Gasteiger partial charge is 0.266 e. The molecule has 0 saturated heterocycles. The van der Waals surface area contributed by atoms with Gasteiger partial charge in [0.1, 0.15) is 0 Å². The maximum atomic E-state index is 10.8. The number of nitrogens with one attached hydrogen (secondary N) is 1. The average molecular weight is 212 g/mol. The molecule has 0 amide bonds. The molecule has 0 unspecified atom stereocenters. The zero-order valence-electron chi connectivity index (χ0n) is 6.45. The van der Waals surface area contributed by atoms with Gasteiger partial charge in [-0.25, -0.2) is 4.98 Å². The first kappa shape index (κ1) is 9.07. The predicted octanol–water partition coefficient (Wildman–Crippen LogP) is 0.921. The summed E-state index contributed by atoms with van der Waals surface area (Å²) in [6.07, 6.45) is 1.28. The van der Waals surface area contributed by atoms with Gasteiger partial charge in [0.05, 0.1) is 17.2 Å². The third-order valence-corrected chi connectivity index (χ3v) is 1.48. The Bertz CT molecular complexity index is 438. The van der Waals surface area contributed by atoms with Gasteiger partial charge in [0.2, 0.25) is 0 Å². The number of hydrogen-bond donors (Lipinski definition) is 1. The molecule has 1 heterocycles. The third kappa shape index (κ3) is 1.59. The Labute approximate surface area is 81.6 Å². The van der Waals surface area contributed by atoms with E-state index >= 15 is 0 Å². The van der Waals surface area contributed by atoms with E-state index < -0.39 is 0 Å². The summed E-state index contributed by atoms with van der Waals surface area (Å²) in [5.41, 5.74) is 1.43. The molecule has 56 valence electrons. The van der Waals surface area contributed by atoms with E-state index in [1.165, 1.54) is 6.20 Å². The molecular formula is C8H6N2OZn. The molecule has 0 aliphatic rings. The van der Waals surface area contributed by atoms with Gasteiger partial charge in [-0.1, -0.05) is 12.1 Å². The second-order valence-electron chi connectivity index (χ2n) is 2.26. The Morgan fingerprint density at radius 2 is 2.00 bits per heavy atom. The molecule has 4 heteroatoms. The fourth-order valence-corrected chi connectivity index (χ4v) is 0.985. The molecule has 0 spiro atoms. The molecule has 1 N–H and O–H groups in total. The van der Waals surface area contributed by atoms with Crippen LogP contribution < -0.4 is 5.56 Å². The maximum absolute atomic E-state index is 10.8. The van der Waals surface area contributed by atoms with Crippen molar-refractivity contribution < 1.29 is 19.5 Å². The Morgan fingerprint density at radius 3 is 2.83 bits per heavy atom. The summed E-state index contributed by atoms with van der Waals surface area (Å²) in [4.78, 5) is 17.4. The van der Waals surface area contributed by atoms with Crippen LogP contribution in [0.2, 0.25) is 0 Å². The van der Waals surface area contributed by atoms with Gasteiger partial charge in [-0.2, -0.15) is 0 Å². The summed E-state index contributed by atoms with van der Waals surface area (Å²) >= 11 is 0. The zero-order chi connectivity index (χ0) is 7.68. The summed E-state index contributed by atoms with van der Waals surface area (Å²) in [5, 5.41) is 0. The first-order chi connectivity index (χ1) is 5.36. The van der Waals surface area contributed by atoms with Crippen LogP contribution in [0.15, 0.2) is 35.3 Å². The van der Waals surface area contributed by atoms with Crippen LogP contribution in [0.1, 0.15) is 0 Å². The molecule has 1 aromatic carbocycles. The predicted molar refractivity (Wildman–Crippen MR) is 42.4 cm³/mol. The summed E-state index contributed by atoms with van der Waals surface area (Å²) in [7, 11) is 0. The molecule has 2 aromatic rings. The Kier molecular flexibility index (Phi) is 2.71. The van der Waals surface area contributed by atoms with Gasteiger partial charge in [-0.05, 0) is 12.1 Å². The van der Waals surface area contributed by atoms with Crippen LogP contribution >= 0.6 is 0 Å². The van der Waals surface area contributed by atoms with Crippen LogP contribution in [0.25, 0.3) is 11.0 Å². The fraction of sp³-hybridized carbons (Fsp3) is 0. The SMILES string of the molecule is O=c1cnc2ccccc2[nH]1.[Zn]. The van der Waals surface area contributed by atoms with Gasteiger partial charge in [-0.3, -0.25) is 4.79 Å². The number of rotatable bonds is 0. The number of nitrogens with zero attached hydrogens (tertiary/aromatic N) is 1. The second-order valence-corrected chi connectivity index (χ2v) is 2.26. The van der Waals surface area contributed by atoms with Crippen molar-refractivity contribution in [3.8, 4) is 0 Å². The summed E-state index contributed by atoms with van der Waals surface area (Å²) in [6, 6.07) is 7.42. The molecule has 0 aliphatic heterocycles. The molecule has 1 aromatic heterocycles. The molecule has 3 nitrogen and oxygen atoms in total. The van der Waals surface area contributed by atoms with E-state index in [0.717, 1.165) is 11.0 Å². The van der Waals surface area contributed by atoms with Crippen LogP contribution in [-0.2, 0) is 19.5 Å². The molecule has 0 radical (unpaired) electrons. The second kappa shape index (κ2) is 3.59. The van der Waals surface area contributed by atoms with Crippen LogP contribution in [0.4, 0.5) is 0 Å². The van der Waals surface area contributed by atoms with E-state index in [-0.39, 0.29) is 25.0 Å². The van der Waals surface area contributed by atoms with E-state index in [2.05, 4.69) is 9.97 Å². The van der Waals surface area contributed by atoms with Gasteiger partial charge < -0.3 is 4.98 Å². The average Bonchev–Trinajstić information content (AvgIpc) is 2.04.